The number of carbonyl (C=O) groups is 1. The van der Waals surface area contributed by atoms with E-state index < -0.39 is 0 Å². The lowest BCUT2D eigenvalue weighted by Gasteiger charge is -2.36. The van der Waals surface area contributed by atoms with E-state index >= 15 is 0 Å². The monoisotopic (exact) mass is 345 g/mol. The molecule has 138 valence electrons. The molecule has 2 N–H and O–H groups in total. The van der Waals surface area contributed by atoms with Crippen molar-refractivity contribution in [1.82, 2.24) is 15.1 Å². The number of likely N-dealkylation sites (tertiary alicyclic amines) is 1. The standard InChI is InChI=1S/C20H31N3O2/c1-15(2)12-22-9-7-16(13-22)11-21-20(25)23-10-8-17-5-3-4-6-18(17)19(23)14-24/h3-6,15-16,19,24H,7-14H2,1-2H3,(H,21,25). The Morgan fingerprint density at radius 2 is 2.12 bits per heavy atom. The minimum Gasteiger partial charge on any atom is -0.394 e. The summed E-state index contributed by atoms with van der Waals surface area (Å²) in [6.07, 6.45) is 2.00. The molecule has 0 spiro atoms. The number of aliphatic hydroxyl groups is 1. The second-order valence-corrected chi connectivity index (χ2v) is 7.83. The minimum absolute atomic E-state index is 0.0317. The Labute approximate surface area is 151 Å². The van der Waals surface area contributed by atoms with Gasteiger partial charge in [0.05, 0.1) is 12.6 Å². The summed E-state index contributed by atoms with van der Waals surface area (Å²) < 4.78 is 0. The van der Waals surface area contributed by atoms with Gasteiger partial charge in [0.25, 0.3) is 0 Å². The van der Waals surface area contributed by atoms with Crippen molar-refractivity contribution in [3.05, 3.63) is 35.4 Å². The first-order chi connectivity index (χ1) is 12.1. The van der Waals surface area contributed by atoms with Crippen molar-refractivity contribution in [3.8, 4) is 0 Å². The van der Waals surface area contributed by atoms with Crippen molar-refractivity contribution in [3.63, 3.8) is 0 Å². The first-order valence-electron chi connectivity index (χ1n) is 9.54. The third-order valence-electron chi connectivity index (χ3n) is 5.38. The number of hydrogen-bond acceptors (Lipinski definition) is 3. The molecule has 2 aliphatic heterocycles. The van der Waals surface area contributed by atoms with Crippen LogP contribution < -0.4 is 5.32 Å². The number of nitrogens with one attached hydrogen (secondary N) is 1. The highest BCUT2D eigenvalue weighted by molar-refractivity contribution is 5.75. The zero-order valence-corrected chi connectivity index (χ0v) is 15.4. The summed E-state index contributed by atoms with van der Waals surface area (Å²) in [6, 6.07) is 7.84. The summed E-state index contributed by atoms with van der Waals surface area (Å²) in [5, 5.41) is 12.9. The van der Waals surface area contributed by atoms with E-state index in [1.54, 1.807) is 4.90 Å². The predicted molar refractivity (Wildman–Crippen MR) is 99.5 cm³/mol. The number of carbonyl (C=O) groups excluding carboxylic acids is 1. The molecule has 2 heterocycles. The molecule has 0 aliphatic carbocycles. The molecule has 0 saturated carbocycles. The van der Waals surface area contributed by atoms with E-state index in [0.717, 1.165) is 44.6 Å². The molecule has 0 aromatic heterocycles. The van der Waals surface area contributed by atoms with Gasteiger partial charge >= 0.3 is 6.03 Å². The van der Waals surface area contributed by atoms with Crippen LogP contribution in [0.2, 0.25) is 0 Å². The number of rotatable bonds is 5. The number of fused-ring (bicyclic) bond motifs is 1. The van der Waals surface area contributed by atoms with Gasteiger partial charge in [-0.25, -0.2) is 4.79 Å². The molecule has 1 aromatic carbocycles. The van der Waals surface area contributed by atoms with E-state index in [4.69, 9.17) is 0 Å². The second-order valence-electron chi connectivity index (χ2n) is 7.83. The summed E-state index contributed by atoms with van der Waals surface area (Å²) in [7, 11) is 0. The van der Waals surface area contributed by atoms with Gasteiger partial charge < -0.3 is 20.2 Å². The maximum Gasteiger partial charge on any atom is 0.318 e. The number of amides is 2. The smallest absolute Gasteiger partial charge is 0.318 e. The van der Waals surface area contributed by atoms with E-state index in [9.17, 15) is 9.90 Å². The van der Waals surface area contributed by atoms with Gasteiger partial charge in [-0.15, -0.1) is 0 Å². The Bertz CT molecular complexity index is 590. The van der Waals surface area contributed by atoms with E-state index in [0.29, 0.717) is 18.4 Å². The van der Waals surface area contributed by atoms with Crippen molar-refractivity contribution in [2.75, 3.05) is 39.3 Å². The molecule has 1 aromatic rings. The number of urea groups is 1. The highest BCUT2D eigenvalue weighted by Crippen LogP contribution is 2.29. The molecule has 1 saturated heterocycles. The molecular weight excluding hydrogens is 314 g/mol. The van der Waals surface area contributed by atoms with Crippen molar-refractivity contribution in [1.29, 1.82) is 0 Å². The molecule has 3 rings (SSSR count). The zero-order valence-electron chi connectivity index (χ0n) is 15.4. The number of hydrogen-bond donors (Lipinski definition) is 2. The normalized spacial score (nSPS) is 23.8. The van der Waals surface area contributed by atoms with E-state index in [1.807, 2.05) is 18.2 Å². The summed E-state index contributed by atoms with van der Waals surface area (Å²) in [5.41, 5.74) is 2.32. The van der Waals surface area contributed by atoms with Gasteiger partial charge in [-0.2, -0.15) is 0 Å². The highest BCUT2D eigenvalue weighted by Gasteiger charge is 2.31. The average Bonchev–Trinajstić information content (AvgIpc) is 3.05. The van der Waals surface area contributed by atoms with Crippen LogP contribution in [0.1, 0.15) is 37.4 Å². The first kappa shape index (κ1) is 18.2. The fourth-order valence-electron chi connectivity index (χ4n) is 4.19. The van der Waals surface area contributed by atoms with Crippen molar-refractivity contribution < 1.29 is 9.90 Å². The number of benzene rings is 1. The SMILES string of the molecule is CC(C)CN1CCC(CNC(=O)N2CCc3ccccc3C2CO)C1. The molecule has 0 radical (unpaired) electrons. The molecule has 25 heavy (non-hydrogen) atoms. The largest absolute Gasteiger partial charge is 0.394 e. The average molecular weight is 345 g/mol. The summed E-state index contributed by atoms with van der Waals surface area (Å²) in [6.45, 7) is 9.20. The zero-order chi connectivity index (χ0) is 17.8. The lowest BCUT2D eigenvalue weighted by Crippen LogP contribution is -2.48. The molecule has 2 aliphatic rings. The number of nitrogens with zero attached hydrogens (tertiary/aromatic N) is 2. The van der Waals surface area contributed by atoms with E-state index in [1.165, 1.54) is 5.56 Å². The van der Waals surface area contributed by atoms with Crippen molar-refractivity contribution in [2.45, 2.75) is 32.7 Å². The molecule has 0 bridgehead atoms. The van der Waals surface area contributed by atoms with Crippen molar-refractivity contribution >= 4 is 6.03 Å². The van der Waals surface area contributed by atoms with Crippen LogP contribution in [0.3, 0.4) is 0 Å². The Kier molecular flexibility index (Phi) is 5.97. The molecule has 1 fully saturated rings. The summed E-state index contributed by atoms with van der Waals surface area (Å²) in [4.78, 5) is 17.0. The third kappa shape index (κ3) is 4.33. The molecule has 2 unspecified atom stereocenters. The van der Waals surface area contributed by atoms with Crippen LogP contribution in [-0.4, -0.2) is 60.3 Å². The molecule has 5 heteroatoms. The van der Waals surface area contributed by atoms with Crippen LogP contribution in [0.25, 0.3) is 0 Å². The third-order valence-corrected chi connectivity index (χ3v) is 5.38. The Morgan fingerprint density at radius 1 is 1.32 bits per heavy atom. The van der Waals surface area contributed by atoms with Crippen LogP contribution >= 0.6 is 0 Å². The predicted octanol–water partition coefficient (Wildman–Crippen LogP) is 2.27. The minimum atomic E-state index is -0.231. The fraction of sp³-hybridized carbons (Fsp3) is 0.650. The first-order valence-corrected chi connectivity index (χ1v) is 9.54. The van der Waals surface area contributed by atoms with Gasteiger partial charge in [-0.3, -0.25) is 0 Å². The van der Waals surface area contributed by atoms with Gasteiger partial charge in [0.1, 0.15) is 0 Å². The Balaban J connectivity index is 1.53. The molecule has 2 amide bonds. The number of aliphatic hydroxyl groups excluding tert-OH is 1. The van der Waals surface area contributed by atoms with E-state index in [-0.39, 0.29) is 18.7 Å². The second kappa shape index (κ2) is 8.19. The lowest BCUT2D eigenvalue weighted by molar-refractivity contribution is 0.126. The topological polar surface area (TPSA) is 55.8 Å². The molecule has 2 atom stereocenters. The Hall–Kier alpha value is -1.59. The maximum atomic E-state index is 12.7. The van der Waals surface area contributed by atoms with Gasteiger partial charge in [-0.05, 0) is 42.3 Å². The Morgan fingerprint density at radius 3 is 2.88 bits per heavy atom. The van der Waals surface area contributed by atoms with Gasteiger partial charge in [0, 0.05) is 26.2 Å². The van der Waals surface area contributed by atoms with Gasteiger partial charge in [0.15, 0.2) is 0 Å². The van der Waals surface area contributed by atoms with Crippen LogP contribution in [-0.2, 0) is 6.42 Å². The molecular formula is C20H31N3O2. The fourth-order valence-corrected chi connectivity index (χ4v) is 4.19. The van der Waals surface area contributed by atoms with Crippen LogP contribution in [0, 0.1) is 11.8 Å². The van der Waals surface area contributed by atoms with Crippen molar-refractivity contribution in [2.24, 2.45) is 11.8 Å². The van der Waals surface area contributed by atoms with Crippen LogP contribution in [0.4, 0.5) is 4.79 Å². The maximum absolute atomic E-state index is 12.7. The summed E-state index contributed by atoms with van der Waals surface area (Å²) >= 11 is 0. The van der Waals surface area contributed by atoms with Gasteiger partial charge in [-0.1, -0.05) is 38.1 Å². The van der Waals surface area contributed by atoms with Crippen LogP contribution in [0.15, 0.2) is 24.3 Å². The van der Waals surface area contributed by atoms with E-state index in [2.05, 4.69) is 30.1 Å². The highest BCUT2D eigenvalue weighted by atomic mass is 16.3. The van der Waals surface area contributed by atoms with Gasteiger partial charge in [0.2, 0.25) is 0 Å². The summed E-state index contributed by atoms with van der Waals surface area (Å²) in [5.74, 6) is 1.22. The molecule has 5 nitrogen and oxygen atoms in total. The van der Waals surface area contributed by atoms with Crippen LogP contribution in [0.5, 0.6) is 0 Å². The quantitative estimate of drug-likeness (QED) is 0.861. The lowest BCUT2D eigenvalue weighted by atomic mass is 9.93.